The van der Waals surface area contributed by atoms with Crippen LogP contribution in [0.1, 0.15) is 23.2 Å². The summed E-state index contributed by atoms with van der Waals surface area (Å²) in [4.78, 5) is 29.4. The van der Waals surface area contributed by atoms with Crippen molar-refractivity contribution in [2.45, 2.75) is 12.8 Å². The van der Waals surface area contributed by atoms with Crippen molar-refractivity contribution in [3.05, 3.63) is 53.1 Å². The Morgan fingerprint density at radius 1 is 0.968 bits per heavy atom. The van der Waals surface area contributed by atoms with Crippen LogP contribution in [-0.2, 0) is 9.53 Å². The molecule has 2 saturated heterocycles. The van der Waals surface area contributed by atoms with Crippen LogP contribution >= 0.6 is 11.6 Å². The average Bonchev–Trinajstić information content (AvgIpc) is 3.33. The van der Waals surface area contributed by atoms with Crippen molar-refractivity contribution in [2.24, 2.45) is 0 Å². The minimum Gasteiger partial charge on any atom is -0.378 e. The molecule has 2 aromatic rings. The van der Waals surface area contributed by atoms with Crippen LogP contribution in [0.4, 0.5) is 17.1 Å². The second kappa shape index (κ2) is 10.0. The number of hydrogen-bond donors (Lipinski definition) is 2. The molecule has 2 aliphatic heterocycles. The molecule has 0 atom stereocenters. The third-order valence-electron chi connectivity index (χ3n) is 5.57. The van der Waals surface area contributed by atoms with E-state index in [1.807, 2.05) is 29.2 Å². The number of nitrogens with zero attached hydrogens (tertiary/aromatic N) is 2. The fourth-order valence-corrected chi connectivity index (χ4v) is 4.07. The van der Waals surface area contributed by atoms with Gasteiger partial charge in [0.1, 0.15) is 0 Å². The van der Waals surface area contributed by atoms with Crippen LogP contribution < -0.4 is 15.5 Å². The molecule has 2 fully saturated rings. The molecule has 7 nitrogen and oxygen atoms in total. The topological polar surface area (TPSA) is 73.9 Å². The molecule has 2 amide bonds. The van der Waals surface area contributed by atoms with Crippen molar-refractivity contribution in [1.82, 2.24) is 4.90 Å². The van der Waals surface area contributed by atoms with Crippen LogP contribution in [0.25, 0.3) is 0 Å². The molecule has 0 aromatic heterocycles. The lowest BCUT2D eigenvalue weighted by Gasteiger charge is -2.28. The fourth-order valence-electron chi connectivity index (χ4n) is 3.90. The molecule has 8 heteroatoms. The number of carbonyl (C=O) groups excluding carboxylic acids is 2. The van der Waals surface area contributed by atoms with Crippen molar-refractivity contribution in [3.63, 3.8) is 0 Å². The number of ether oxygens (including phenoxy) is 1. The van der Waals surface area contributed by atoms with Crippen LogP contribution in [0.2, 0.25) is 5.02 Å². The third kappa shape index (κ3) is 5.48. The molecule has 4 rings (SSSR count). The zero-order valence-electron chi connectivity index (χ0n) is 17.4. The Balaban J connectivity index is 1.35. The Hall–Kier alpha value is -2.77. The third-order valence-corrected chi connectivity index (χ3v) is 5.81. The molecule has 164 valence electrons. The molecule has 0 unspecified atom stereocenters. The number of likely N-dealkylation sites (tertiary alicyclic amines) is 1. The zero-order chi connectivity index (χ0) is 21.6. The van der Waals surface area contributed by atoms with E-state index in [-0.39, 0.29) is 18.4 Å². The summed E-state index contributed by atoms with van der Waals surface area (Å²) >= 11 is 6.13. The predicted octanol–water partition coefficient (Wildman–Crippen LogP) is 3.46. The van der Waals surface area contributed by atoms with E-state index in [1.54, 1.807) is 18.2 Å². The standard InChI is InChI=1S/C23H27ClN4O3/c24-17-3-8-20(23(30)28-9-1-2-10-28)21(15-17)25-16-22(29)26-18-4-6-19(7-5-18)27-11-13-31-14-12-27/h3-8,15,25H,1-2,9-14,16H2,(H,26,29). The molecule has 0 radical (unpaired) electrons. The number of amides is 2. The van der Waals surface area contributed by atoms with E-state index in [0.29, 0.717) is 16.3 Å². The monoisotopic (exact) mass is 442 g/mol. The Morgan fingerprint density at radius 2 is 1.68 bits per heavy atom. The van der Waals surface area contributed by atoms with Gasteiger partial charge in [-0.1, -0.05) is 11.6 Å². The largest absolute Gasteiger partial charge is 0.378 e. The summed E-state index contributed by atoms with van der Waals surface area (Å²) in [7, 11) is 0. The maximum atomic E-state index is 12.8. The Bertz CT molecular complexity index is 923. The number of nitrogens with one attached hydrogen (secondary N) is 2. The van der Waals surface area contributed by atoms with E-state index >= 15 is 0 Å². The first-order valence-corrected chi connectivity index (χ1v) is 11.0. The lowest BCUT2D eigenvalue weighted by Crippen LogP contribution is -2.36. The van der Waals surface area contributed by atoms with Crippen LogP contribution in [0, 0.1) is 0 Å². The summed E-state index contributed by atoms with van der Waals surface area (Å²) < 4.78 is 5.38. The highest BCUT2D eigenvalue weighted by Crippen LogP contribution is 2.24. The van der Waals surface area contributed by atoms with Gasteiger partial charge in [-0.15, -0.1) is 0 Å². The first-order valence-electron chi connectivity index (χ1n) is 10.7. The Kier molecular flexibility index (Phi) is 6.94. The van der Waals surface area contributed by atoms with Gasteiger partial charge in [0.05, 0.1) is 25.3 Å². The summed E-state index contributed by atoms with van der Waals surface area (Å²) in [5.41, 5.74) is 2.95. The first kappa shape index (κ1) is 21.5. The van der Waals surface area contributed by atoms with Gasteiger partial charge in [-0.25, -0.2) is 0 Å². The highest BCUT2D eigenvalue weighted by atomic mass is 35.5. The van der Waals surface area contributed by atoms with E-state index in [1.165, 1.54) is 0 Å². The smallest absolute Gasteiger partial charge is 0.255 e. The number of anilines is 3. The molecule has 31 heavy (non-hydrogen) atoms. The van der Waals surface area contributed by atoms with Gasteiger partial charge < -0.3 is 25.2 Å². The van der Waals surface area contributed by atoms with Gasteiger partial charge in [0.15, 0.2) is 0 Å². The van der Waals surface area contributed by atoms with Crippen molar-refractivity contribution >= 4 is 40.5 Å². The predicted molar refractivity (Wildman–Crippen MR) is 123 cm³/mol. The van der Waals surface area contributed by atoms with E-state index in [4.69, 9.17) is 16.3 Å². The highest BCUT2D eigenvalue weighted by Gasteiger charge is 2.22. The lowest BCUT2D eigenvalue weighted by molar-refractivity contribution is -0.114. The zero-order valence-corrected chi connectivity index (χ0v) is 18.2. The van der Waals surface area contributed by atoms with Crippen LogP contribution in [0.15, 0.2) is 42.5 Å². The van der Waals surface area contributed by atoms with Gasteiger partial charge in [-0.2, -0.15) is 0 Å². The summed E-state index contributed by atoms with van der Waals surface area (Å²) in [6.45, 7) is 4.77. The second-order valence-electron chi connectivity index (χ2n) is 7.74. The van der Waals surface area contributed by atoms with Crippen molar-refractivity contribution < 1.29 is 14.3 Å². The van der Waals surface area contributed by atoms with Gasteiger partial charge in [-0.05, 0) is 55.3 Å². The molecule has 2 aromatic carbocycles. The molecule has 2 aliphatic rings. The SMILES string of the molecule is O=C(CNc1cc(Cl)ccc1C(=O)N1CCCC1)Nc1ccc(N2CCOCC2)cc1. The van der Waals surface area contributed by atoms with Gasteiger partial charge in [-0.3, -0.25) is 9.59 Å². The molecule has 0 aliphatic carbocycles. The highest BCUT2D eigenvalue weighted by molar-refractivity contribution is 6.31. The summed E-state index contributed by atoms with van der Waals surface area (Å²) in [5, 5.41) is 6.48. The van der Waals surface area contributed by atoms with E-state index < -0.39 is 0 Å². The molecule has 2 N–H and O–H groups in total. The molecule has 0 spiro atoms. The second-order valence-corrected chi connectivity index (χ2v) is 8.17. The average molecular weight is 443 g/mol. The lowest BCUT2D eigenvalue weighted by atomic mass is 10.1. The van der Waals surface area contributed by atoms with Gasteiger partial charge in [0, 0.05) is 48.3 Å². The minimum atomic E-state index is -0.196. The number of halogens is 1. The number of hydrogen-bond acceptors (Lipinski definition) is 5. The number of rotatable bonds is 6. The van der Waals surface area contributed by atoms with Crippen molar-refractivity contribution in [1.29, 1.82) is 0 Å². The molecule has 0 saturated carbocycles. The van der Waals surface area contributed by atoms with Gasteiger partial charge in [0.25, 0.3) is 5.91 Å². The van der Waals surface area contributed by atoms with Gasteiger partial charge in [0.2, 0.25) is 5.91 Å². The molecular weight excluding hydrogens is 416 g/mol. The minimum absolute atomic E-state index is 0.0317. The maximum absolute atomic E-state index is 12.8. The summed E-state index contributed by atoms with van der Waals surface area (Å²) in [6.07, 6.45) is 2.05. The Labute approximate surface area is 187 Å². The summed E-state index contributed by atoms with van der Waals surface area (Å²) in [5.74, 6) is -0.227. The molecule has 2 heterocycles. The van der Waals surface area contributed by atoms with Crippen LogP contribution in [0.3, 0.4) is 0 Å². The maximum Gasteiger partial charge on any atom is 0.255 e. The quantitative estimate of drug-likeness (QED) is 0.716. The number of carbonyl (C=O) groups is 2. The number of benzene rings is 2. The van der Waals surface area contributed by atoms with Crippen molar-refractivity contribution in [3.8, 4) is 0 Å². The first-order chi connectivity index (χ1) is 15.1. The van der Waals surface area contributed by atoms with Crippen LogP contribution in [0.5, 0.6) is 0 Å². The molecular formula is C23H27ClN4O3. The van der Waals surface area contributed by atoms with Gasteiger partial charge >= 0.3 is 0 Å². The van der Waals surface area contributed by atoms with E-state index in [2.05, 4.69) is 15.5 Å². The molecule has 0 bridgehead atoms. The Morgan fingerprint density at radius 3 is 2.39 bits per heavy atom. The fraction of sp³-hybridized carbons (Fsp3) is 0.391. The van der Waals surface area contributed by atoms with E-state index in [0.717, 1.165) is 63.6 Å². The van der Waals surface area contributed by atoms with E-state index in [9.17, 15) is 9.59 Å². The van der Waals surface area contributed by atoms with Crippen molar-refractivity contribution in [2.75, 3.05) is 61.5 Å². The summed E-state index contributed by atoms with van der Waals surface area (Å²) in [6, 6.07) is 12.9. The normalized spacial score (nSPS) is 16.3. The van der Waals surface area contributed by atoms with Crippen LogP contribution in [-0.4, -0.2) is 62.7 Å². The number of morpholine rings is 1.